The number of amides is 1. The van der Waals surface area contributed by atoms with E-state index in [0.29, 0.717) is 31.9 Å². The summed E-state index contributed by atoms with van der Waals surface area (Å²) in [5, 5.41) is 4.35. The molecule has 0 saturated carbocycles. The summed E-state index contributed by atoms with van der Waals surface area (Å²) in [7, 11) is 2.89. The number of hydrogen-bond donors (Lipinski definition) is 0. The Morgan fingerprint density at radius 2 is 1.83 bits per heavy atom. The number of benzene rings is 1. The van der Waals surface area contributed by atoms with Crippen molar-refractivity contribution in [2.75, 3.05) is 38.2 Å². The topological polar surface area (TPSA) is 97.9 Å². The van der Waals surface area contributed by atoms with E-state index in [0.717, 1.165) is 10.9 Å². The van der Waals surface area contributed by atoms with Crippen molar-refractivity contribution < 1.29 is 18.8 Å². The molecule has 1 fully saturated rings. The monoisotopic (exact) mass is 396 g/mol. The molecule has 1 aliphatic rings. The van der Waals surface area contributed by atoms with Gasteiger partial charge in [0.15, 0.2) is 0 Å². The van der Waals surface area contributed by atoms with E-state index >= 15 is 0 Å². The number of hydrogen-bond acceptors (Lipinski definition) is 7. The van der Waals surface area contributed by atoms with Crippen LogP contribution in [0.1, 0.15) is 20.9 Å². The van der Waals surface area contributed by atoms with Crippen LogP contribution in [-0.4, -0.2) is 59.8 Å². The van der Waals surface area contributed by atoms with Gasteiger partial charge in [0.25, 0.3) is 11.5 Å². The van der Waals surface area contributed by atoms with Gasteiger partial charge in [-0.25, -0.2) is 4.79 Å². The van der Waals surface area contributed by atoms with Crippen molar-refractivity contribution in [2.45, 2.75) is 0 Å². The van der Waals surface area contributed by atoms with E-state index < -0.39 is 11.5 Å². The molecule has 0 N–H and O–H groups in total. The molecule has 9 heteroatoms. The lowest BCUT2D eigenvalue weighted by Crippen LogP contribution is -2.49. The molecule has 9 nitrogen and oxygen atoms in total. The number of carbonyl (C=O) groups is 2. The van der Waals surface area contributed by atoms with E-state index in [1.165, 1.54) is 23.9 Å². The van der Waals surface area contributed by atoms with Gasteiger partial charge in [0, 0.05) is 44.7 Å². The Bertz CT molecular complexity index is 1130. The quantitative estimate of drug-likeness (QED) is 0.615. The number of aryl methyl sites for hydroxylation is 1. The fourth-order valence-corrected chi connectivity index (χ4v) is 3.71. The van der Waals surface area contributed by atoms with Crippen LogP contribution >= 0.6 is 0 Å². The molecule has 1 aliphatic heterocycles. The molecule has 1 aromatic carbocycles. The second kappa shape index (κ2) is 7.42. The van der Waals surface area contributed by atoms with Gasteiger partial charge < -0.3 is 23.6 Å². The van der Waals surface area contributed by atoms with E-state index in [9.17, 15) is 14.4 Å². The average Bonchev–Trinajstić information content (AvgIpc) is 3.30. The second-order valence-corrected chi connectivity index (χ2v) is 6.75. The van der Waals surface area contributed by atoms with Crippen LogP contribution in [0.3, 0.4) is 0 Å². The van der Waals surface area contributed by atoms with Crippen molar-refractivity contribution in [3.05, 3.63) is 58.2 Å². The van der Waals surface area contributed by atoms with E-state index in [1.54, 1.807) is 11.9 Å². The third-order valence-corrected chi connectivity index (χ3v) is 5.20. The first kappa shape index (κ1) is 18.7. The number of carbonyl (C=O) groups excluding carboxylic acids is 2. The summed E-state index contributed by atoms with van der Waals surface area (Å²) >= 11 is 0. The standard InChI is InChI=1S/C20H20N4O5/c1-22-14-6-4-3-5-13(14)17(16(19(22)26)20(27)28-2)23-9-11-24(12-10-23)18(25)15-7-8-21-29-15/h3-8H,9-12H2,1-2H3. The van der Waals surface area contributed by atoms with Crippen molar-refractivity contribution in [1.29, 1.82) is 0 Å². The minimum Gasteiger partial charge on any atom is -0.465 e. The van der Waals surface area contributed by atoms with Gasteiger partial charge in [0.2, 0.25) is 5.76 Å². The van der Waals surface area contributed by atoms with Crippen molar-refractivity contribution in [3.63, 3.8) is 0 Å². The average molecular weight is 396 g/mol. The molecule has 1 amide bonds. The lowest BCUT2D eigenvalue weighted by molar-refractivity contribution is 0.0597. The van der Waals surface area contributed by atoms with Gasteiger partial charge in [-0.15, -0.1) is 0 Å². The summed E-state index contributed by atoms with van der Waals surface area (Å²) in [6.07, 6.45) is 1.43. The molecule has 0 aliphatic carbocycles. The number of nitrogens with zero attached hydrogens (tertiary/aromatic N) is 4. The van der Waals surface area contributed by atoms with Crippen molar-refractivity contribution >= 4 is 28.5 Å². The lowest BCUT2D eigenvalue weighted by Gasteiger charge is -2.36. The van der Waals surface area contributed by atoms with Crippen LogP contribution < -0.4 is 10.5 Å². The van der Waals surface area contributed by atoms with Gasteiger partial charge in [-0.3, -0.25) is 9.59 Å². The third kappa shape index (κ3) is 3.14. The molecule has 0 atom stereocenters. The molecule has 0 bridgehead atoms. The fourth-order valence-electron chi connectivity index (χ4n) is 3.71. The molecule has 0 unspecified atom stereocenters. The molecule has 0 radical (unpaired) electrons. The Morgan fingerprint density at radius 3 is 2.48 bits per heavy atom. The van der Waals surface area contributed by atoms with Crippen LogP contribution in [0.15, 0.2) is 45.8 Å². The molecule has 3 aromatic rings. The maximum absolute atomic E-state index is 12.9. The molecule has 0 spiro atoms. The van der Waals surface area contributed by atoms with Gasteiger partial charge in [0.1, 0.15) is 5.56 Å². The van der Waals surface area contributed by atoms with Crippen molar-refractivity contribution in [1.82, 2.24) is 14.6 Å². The zero-order valence-electron chi connectivity index (χ0n) is 16.1. The van der Waals surface area contributed by atoms with E-state index in [-0.39, 0.29) is 17.2 Å². The second-order valence-electron chi connectivity index (χ2n) is 6.75. The molecule has 4 rings (SSSR count). The number of anilines is 1. The minimum atomic E-state index is -0.675. The SMILES string of the molecule is COC(=O)c1c(N2CCN(C(=O)c3ccno3)CC2)c2ccccc2n(C)c1=O. The lowest BCUT2D eigenvalue weighted by atomic mass is 10.1. The highest BCUT2D eigenvalue weighted by atomic mass is 16.5. The normalized spacial score (nSPS) is 14.3. The fraction of sp³-hybridized carbons (Fsp3) is 0.300. The highest BCUT2D eigenvalue weighted by Gasteiger charge is 2.30. The zero-order valence-corrected chi connectivity index (χ0v) is 16.1. The van der Waals surface area contributed by atoms with Crippen molar-refractivity contribution in [3.8, 4) is 0 Å². The predicted molar refractivity (Wildman–Crippen MR) is 105 cm³/mol. The molecule has 2 aromatic heterocycles. The molecular formula is C20H20N4O5. The number of para-hydroxylation sites is 1. The molecule has 150 valence electrons. The molecular weight excluding hydrogens is 376 g/mol. The Labute approximate surface area is 166 Å². The van der Waals surface area contributed by atoms with Gasteiger partial charge in [-0.2, -0.15) is 0 Å². The highest BCUT2D eigenvalue weighted by Crippen LogP contribution is 2.30. The molecule has 3 heterocycles. The van der Waals surface area contributed by atoms with Gasteiger partial charge in [-0.1, -0.05) is 23.4 Å². The third-order valence-electron chi connectivity index (χ3n) is 5.20. The largest absolute Gasteiger partial charge is 0.465 e. The molecule has 29 heavy (non-hydrogen) atoms. The van der Waals surface area contributed by atoms with Crippen LogP contribution in [0.25, 0.3) is 10.9 Å². The first-order valence-electron chi connectivity index (χ1n) is 9.18. The summed E-state index contributed by atoms with van der Waals surface area (Å²) in [6, 6.07) is 8.95. The Morgan fingerprint density at radius 1 is 1.10 bits per heavy atom. The Balaban J connectivity index is 1.73. The van der Waals surface area contributed by atoms with Crippen LogP contribution in [0.4, 0.5) is 5.69 Å². The Kier molecular flexibility index (Phi) is 4.79. The summed E-state index contributed by atoms with van der Waals surface area (Å²) < 4.78 is 11.3. The predicted octanol–water partition coefficient (Wildman–Crippen LogP) is 1.28. The van der Waals surface area contributed by atoms with Crippen LogP contribution in [0.5, 0.6) is 0 Å². The zero-order chi connectivity index (χ0) is 20.5. The summed E-state index contributed by atoms with van der Waals surface area (Å²) in [6.45, 7) is 1.76. The van der Waals surface area contributed by atoms with E-state index in [4.69, 9.17) is 9.26 Å². The van der Waals surface area contributed by atoms with Crippen LogP contribution in [-0.2, 0) is 11.8 Å². The number of methoxy groups -OCH3 is 1. The first-order valence-corrected chi connectivity index (χ1v) is 9.18. The Hall–Kier alpha value is -3.62. The summed E-state index contributed by atoms with van der Waals surface area (Å²) in [4.78, 5) is 41.5. The van der Waals surface area contributed by atoms with Crippen LogP contribution in [0.2, 0.25) is 0 Å². The highest BCUT2D eigenvalue weighted by molar-refractivity contribution is 6.05. The van der Waals surface area contributed by atoms with Gasteiger partial charge in [-0.05, 0) is 6.07 Å². The summed E-state index contributed by atoms with van der Waals surface area (Å²) in [5.74, 6) is -0.719. The molecule has 1 saturated heterocycles. The number of ether oxygens (including phenoxy) is 1. The van der Waals surface area contributed by atoms with Crippen molar-refractivity contribution in [2.24, 2.45) is 7.05 Å². The maximum atomic E-state index is 12.9. The van der Waals surface area contributed by atoms with E-state index in [1.807, 2.05) is 29.2 Å². The number of rotatable bonds is 3. The number of piperazine rings is 1. The smallest absolute Gasteiger partial charge is 0.345 e. The number of aromatic nitrogens is 2. The van der Waals surface area contributed by atoms with Gasteiger partial charge >= 0.3 is 5.97 Å². The number of fused-ring (bicyclic) bond motifs is 1. The summed E-state index contributed by atoms with van der Waals surface area (Å²) in [5.41, 5.74) is 0.858. The van der Waals surface area contributed by atoms with Crippen LogP contribution in [0, 0.1) is 0 Å². The minimum absolute atomic E-state index is 0.00344. The van der Waals surface area contributed by atoms with Gasteiger partial charge in [0.05, 0.1) is 24.5 Å². The van der Waals surface area contributed by atoms with E-state index in [2.05, 4.69) is 5.16 Å². The number of esters is 1. The first-order chi connectivity index (χ1) is 14.0. The number of pyridine rings is 1. The maximum Gasteiger partial charge on any atom is 0.345 e.